The van der Waals surface area contributed by atoms with Gasteiger partial charge in [0, 0.05) is 0 Å². The topological polar surface area (TPSA) is 0 Å². The van der Waals surface area contributed by atoms with Crippen molar-refractivity contribution in [2.24, 2.45) is 0 Å². The normalized spacial score (nSPS) is 7.87. The van der Waals surface area contributed by atoms with Gasteiger partial charge in [-0.3, -0.25) is 0 Å². The van der Waals surface area contributed by atoms with E-state index in [1.165, 1.54) is 0 Å². The van der Waals surface area contributed by atoms with Crippen LogP contribution in [0.4, 0.5) is 0 Å². The number of benzene rings is 4. The van der Waals surface area contributed by atoms with Crippen molar-refractivity contribution in [2.75, 3.05) is 0 Å². The van der Waals surface area contributed by atoms with Crippen LogP contribution in [0.5, 0.6) is 0 Å². The molecule has 0 radical (unpaired) electrons. The molecule has 4 aromatic carbocycles. The Morgan fingerprint density at radius 3 is 0.267 bits per heavy atom. The predicted octanol–water partition coefficient (Wildman–Crippen LogP) is 9.50. The molecule has 0 amide bonds. The fourth-order valence-electron chi connectivity index (χ4n) is 1.54. The number of hydrogen-bond donors (Lipinski definition) is 0. The molecule has 0 bridgehead atoms. The molecule has 0 heterocycles. The van der Waals surface area contributed by atoms with Crippen molar-refractivity contribution in [3.8, 4) is 0 Å². The molecule has 0 aliphatic carbocycles. The van der Waals surface area contributed by atoms with Gasteiger partial charge in [-0.1, -0.05) is 146 Å². The van der Waals surface area contributed by atoms with Gasteiger partial charge in [-0.2, -0.15) is 0 Å². The van der Waals surface area contributed by atoms with Gasteiger partial charge in [-0.25, -0.2) is 0 Å². The molecule has 0 fully saturated rings. The zero-order valence-corrected chi connectivity index (χ0v) is 22.6. The van der Waals surface area contributed by atoms with Gasteiger partial charge in [0.05, 0.1) is 0 Å². The maximum absolute atomic E-state index is 4.85. The van der Waals surface area contributed by atoms with Crippen LogP contribution in [0, 0.1) is 0 Å². The molecule has 0 nitrogen and oxygen atoms in total. The number of halogens is 4. The van der Waals surface area contributed by atoms with Crippen molar-refractivity contribution in [3.05, 3.63) is 146 Å². The fraction of sp³-hybridized carbons (Fsp3) is 0. The second kappa shape index (κ2) is 32.9. The Morgan fingerprint density at radius 1 is 0.200 bits per heavy atom. The Morgan fingerprint density at radius 2 is 0.233 bits per heavy atom. The van der Waals surface area contributed by atoms with Crippen molar-refractivity contribution in [1.29, 1.82) is 0 Å². The molecule has 0 aliphatic heterocycles. The first-order valence-corrected chi connectivity index (χ1v) is 17.5. The quantitative estimate of drug-likeness (QED) is 0.166. The summed E-state index contributed by atoms with van der Waals surface area (Å²) >= 11 is -0.691. The Bertz CT molecular complexity index is 469. The first-order chi connectivity index (χ1) is 14.8. The van der Waals surface area contributed by atoms with E-state index >= 15 is 0 Å². The van der Waals surface area contributed by atoms with E-state index in [9.17, 15) is 0 Å². The fourth-order valence-corrected chi connectivity index (χ4v) is 1.54. The first kappa shape index (κ1) is 31.5. The Kier molecular flexibility index (Phi) is 34.6. The summed E-state index contributed by atoms with van der Waals surface area (Å²) in [7, 11) is 19.4. The third kappa shape index (κ3) is 34.8. The van der Waals surface area contributed by atoms with Gasteiger partial charge in [-0.15, -0.1) is 0 Å². The van der Waals surface area contributed by atoms with E-state index in [2.05, 4.69) is 0 Å². The number of hydrogen-bond acceptors (Lipinski definition) is 0. The minimum atomic E-state index is -0.346. The van der Waals surface area contributed by atoms with Gasteiger partial charge < -0.3 is 0 Å². The molecular weight excluding hydrogens is 632 g/mol. The van der Waals surface area contributed by atoms with E-state index in [1.807, 2.05) is 146 Å². The van der Waals surface area contributed by atoms with Crippen molar-refractivity contribution in [2.45, 2.75) is 0 Å². The molecule has 6 heteroatoms. The van der Waals surface area contributed by atoms with E-state index in [0.717, 1.165) is 0 Å². The molecule has 0 unspecified atom stereocenters. The van der Waals surface area contributed by atoms with Gasteiger partial charge in [0.1, 0.15) is 0 Å². The van der Waals surface area contributed by atoms with Crippen molar-refractivity contribution < 1.29 is 30.3 Å². The molecule has 0 saturated carbocycles. The van der Waals surface area contributed by atoms with Crippen LogP contribution >= 0.6 is 38.8 Å². The van der Waals surface area contributed by atoms with Crippen molar-refractivity contribution in [3.63, 3.8) is 0 Å². The molecule has 4 rings (SSSR count). The second-order valence-electron chi connectivity index (χ2n) is 4.72. The summed E-state index contributed by atoms with van der Waals surface area (Å²) < 4.78 is 0. The van der Waals surface area contributed by atoms with Crippen LogP contribution in [0.25, 0.3) is 0 Å². The minimum Gasteiger partial charge on any atom is -0.0623 e. The predicted molar refractivity (Wildman–Crippen MR) is 129 cm³/mol. The average Bonchev–Trinajstić information content (AvgIpc) is 2.86. The summed E-state index contributed by atoms with van der Waals surface area (Å²) in [5, 5.41) is 0. The zero-order valence-electron chi connectivity index (χ0n) is 16.1. The first-order valence-electron chi connectivity index (χ1n) is 8.53. The molecule has 0 atom stereocenters. The molecule has 0 aliphatic rings. The van der Waals surface area contributed by atoms with E-state index in [1.54, 1.807) is 0 Å². The second-order valence-corrected chi connectivity index (χ2v) is 10.00. The van der Waals surface area contributed by atoms with Crippen LogP contribution in [0.3, 0.4) is 0 Å². The van der Waals surface area contributed by atoms with Crippen LogP contribution in [0.1, 0.15) is 0 Å². The van der Waals surface area contributed by atoms with Crippen LogP contribution in [-0.4, -0.2) is 0 Å². The molecule has 0 spiro atoms. The Labute approximate surface area is 212 Å². The summed E-state index contributed by atoms with van der Waals surface area (Å²) in [5.41, 5.74) is 0. The van der Waals surface area contributed by atoms with Gasteiger partial charge in [-0.05, 0) is 0 Å². The molecule has 0 N–H and O–H groups in total. The third-order valence-electron chi connectivity index (χ3n) is 2.67. The van der Waals surface area contributed by atoms with Crippen molar-refractivity contribution >= 4 is 38.8 Å². The van der Waals surface area contributed by atoms with Crippen LogP contribution in [0.2, 0.25) is 0 Å². The summed E-state index contributed by atoms with van der Waals surface area (Å²) in [4.78, 5) is 0. The molecule has 0 aromatic heterocycles. The number of rotatable bonds is 0. The van der Waals surface area contributed by atoms with Crippen LogP contribution < -0.4 is 0 Å². The summed E-state index contributed by atoms with van der Waals surface area (Å²) in [6.45, 7) is 0. The SMILES string of the molecule is [Cl][Ru][Cl].[Cl][Ru][Cl].c1ccccc1.c1ccccc1.c1ccccc1.c1ccccc1. The zero-order chi connectivity index (χ0) is 22.4. The summed E-state index contributed by atoms with van der Waals surface area (Å²) in [5.74, 6) is 0. The van der Waals surface area contributed by atoms with Gasteiger partial charge in [0.2, 0.25) is 0 Å². The summed E-state index contributed by atoms with van der Waals surface area (Å²) in [6, 6.07) is 48.0. The molecule has 30 heavy (non-hydrogen) atoms. The molecule has 164 valence electrons. The molecule has 0 saturated heterocycles. The average molecular weight is 656 g/mol. The summed E-state index contributed by atoms with van der Waals surface area (Å²) in [6.07, 6.45) is 0. The Balaban J connectivity index is 0. The minimum absolute atomic E-state index is 0.346. The monoisotopic (exact) mass is 656 g/mol. The van der Waals surface area contributed by atoms with E-state index in [-0.39, 0.29) is 30.3 Å². The van der Waals surface area contributed by atoms with E-state index in [0.29, 0.717) is 0 Å². The molecular formula is C24H24Cl4Ru2. The van der Waals surface area contributed by atoms with Gasteiger partial charge in [0.15, 0.2) is 0 Å². The molecule has 4 aromatic rings. The van der Waals surface area contributed by atoms with Gasteiger partial charge in [0.25, 0.3) is 0 Å². The van der Waals surface area contributed by atoms with E-state index < -0.39 is 0 Å². The van der Waals surface area contributed by atoms with Crippen LogP contribution in [-0.2, 0) is 30.3 Å². The van der Waals surface area contributed by atoms with E-state index in [4.69, 9.17) is 38.8 Å². The Hall–Kier alpha value is -0.713. The van der Waals surface area contributed by atoms with Crippen LogP contribution in [0.15, 0.2) is 146 Å². The third-order valence-corrected chi connectivity index (χ3v) is 2.67. The smallest absolute Gasteiger partial charge is 0.0623 e. The maximum Gasteiger partial charge on any atom is -0.0623 e. The standard InChI is InChI=1S/4C6H6.4ClH.2Ru/c4*1-2-4-6-5-3-1;;;;;;/h4*1-6H;4*1H;;/q;;;;;;;;2*+2/p-4. The van der Waals surface area contributed by atoms with Gasteiger partial charge >= 0.3 is 69.1 Å². The largest absolute Gasteiger partial charge is 0.0623 e. The maximum atomic E-state index is 4.85. The van der Waals surface area contributed by atoms with Crippen molar-refractivity contribution in [1.82, 2.24) is 0 Å².